The first kappa shape index (κ1) is 9.85. The Morgan fingerprint density at radius 1 is 1.44 bits per heavy atom. The van der Waals surface area contributed by atoms with Crippen LogP contribution in [0, 0.1) is 13.8 Å². The summed E-state index contributed by atoms with van der Waals surface area (Å²) < 4.78 is 2.23. The van der Waals surface area contributed by atoms with Crippen LogP contribution in [0.5, 0.6) is 0 Å². The van der Waals surface area contributed by atoms with Gasteiger partial charge in [0.2, 0.25) is 0 Å². The van der Waals surface area contributed by atoms with Crippen LogP contribution in [0.25, 0.3) is 5.65 Å². The van der Waals surface area contributed by atoms with Crippen LogP contribution in [0.15, 0.2) is 18.3 Å². The van der Waals surface area contributed by atoms with Crippen LogP contribution in [-0.2, 0) is 0 Å². The van der Waals surface area contributed by atoms with Gasteiger partial charge in [0.05, 0.1) is 11.4 Å². The molecule has 0 radical (unpaired) electrons. The number of fused-ring (bicyclic) bond motifs is 1. The van der Waals surface area contributed by atoms with Crippen molar-refractivity contribution in [2.75, 3.05) is 6.54 Å². The smallest absolute Gasteiger partial charge is 0.137 e. The number of aryl methyl sites for hydroxylation is 2. The van der Waals surface area contributed by atoms with Crippen molar-refractivity contribution in [1.29, 1.82) is 0 Å². The Labute approximate surface area is 95.5 Å². The molecule has 1 saturated heterocycles. The summed E-state index contributed by atoms with van der Waals surface area (Å²) in [6.45, 7) is 5.35. The molecule has 0 aromatic carbocycles. The third-order valence-corrected chi connectivity index (χ3v) is 3.39. The molecule has 3 rings (SSSR count). The monoisotopic (exact) mass is 215 g/mol. The molecule has 1 aliphatic heterocycles. The average molecular weight is 215 g/mol. The number of hydrogen-bond donors (Lipinski definition) is 1. The summed E-state index contributed by atoms with van der Waals surface area (Å²) >= 11 is 0. The zero-order valence-corrected chi connectivity index (χ0v) is 9.83. The molecular weight excluding hydrogens is 198 g/mol. The van der Waals surface area contributed by atoms with E-state index >= 15 is 0 Å². The Balaban J connectivity index is 2.18. The first-order valence-corrected chi connectivity index (χ1v) is 5.94. The predicted octanol–water partition coefficient (Wildman–Crippen LogP) is 2.38. The molecule has 0 aliphatic carbocycles. The van der Waals surface area contributed by atoms with E-state index in [0.717, 1.165) is 17.9 Å². The molecule has 1 fully saturated rings. The molecule has 0 saturated carbocycles. The number of rotatable bonds is 1. The highest BCUT2D eigenvalue weighted by atomic mass is 15.1. The maximum Gasteiger partial charge on any atom is 0.137 e. The van der Waals surface area contributed by atoms with Crippen LogP contribution >= 0.6 is 0 Å². The van der Waals surface area contributed by atoms with Crippen molar-refractivity contribution >= 4 is 5.65 Å². The Bertz CT molecular complexity index is 521. The molecule has 2 aromatic rings. The lowest BCUT2D eigenvalue weighted by atomic mass is 10.1. The van der Waals surface area contributed by atoms with Gasteiger partial charge in [-0.3, -0.25) is 0 Å². The molecule has 3 heteroatoms. The molecule has 3 heterocycles. The van der Waals surface area contributed by atoms with Gasteiger partial charge < -0.3 is 9.72 Å². The molecule has 1 N–H and O–H groups in total. The normalized spacial score (nSPS) is 20.8. The van der Waals surface area contributed by atoms with E-state index in [2.05, 4.69) is 46.9 Å². The number of aromatic nitrogens is 2. The summed E-state index contributed by atoms with van der Waals surface area (Å²) in [7, 11) is 0. The Hall–Kier alpha value is -1.35. The first-order valence-electron chi connectivity index (χ1n) is 5.94. The van der Waals surface area contributed by atoms with Crippen LogP contribution < -0.4 is 5.32 Å². The van der Waals surface area contributed by atoms with Crippen molar-refractivity contribution < 1.29 is 0 Å². The van der Waals surface area contributed by atoms with Crippen molar-refractivity contribution in [2.45, 2.75) is 32.7 Å². The molecular formula is C13H17N3. The van der Waals surface area contributed by atoms with Crippen LogP contribution in [0.4, 0.5) is 0 Å². The third-order valence-electron chi connectivity index (χ3n) is 3.39. The molecule has 0 amide bonds. The van der Waals surface area contributed by atoms with E-state index in [1.165, 1.54) is 24.1 Å². The molecule has 1 atom stereocenters. The second kappa shape index (κ2) is 3.59. The quantitative estimate of drug-likeness (QED) is 0.791. The molecule has 84 valence electrons. The second-order valence-electron chi connectivity index (χ2n) is 4.66. The van der Waals surface area contributed by atoms with Gasteiger partial charge in [-0.1, -0.05) is 0 Å². The van der Waals surface area contributed by atoms with E-state index in [-0.39, 0.29) is 0 Å². The Morgan fingerprint density at radius 2 is 2.31 bits per heavy atom. The summed E-state index contributed by atoms with van der Waals surface area (Å²) in [6.07, 6.45) is 4.63. The van der Waals surface area contributed by atoms with Crippen molar-refractivity contribution in [1.82, 2.24) is 14.7 Å². The van der Waals surface area contributed by atoms with E-state index < -0.39 is 0 Å². The fraction of sp³-hybridized carbons (Fsp3) is 0.462. The van der Waals surface area contributed by atoms with Gasteiger partial charge in [-0.25, -0.2) is 4.98 Å². The lowest BCUT2D eigenvalue weighted by molar-refractivity contribution is 0.618. The van der Waals surface area contributed by atoms with Gasteiger partial charge in [-0.2, -0.15) is 0 Å². The van der Waals surface area contributed by atoms with E-state index in [1.54, 1.807) is 0 Å². The summed E-state index contributed by atoms with van der Waals surface area (Å²) in [6, 6.07) is 4.77. The highest BCUT2D eigenvalue weighted by Gasteiger charge is 2.22. The Morgan fingerprint density at radius 3 is 3.06 bits per heavy atom. The minimum Gasteiger partial charge on any atom is -0.309 e. The summed E-state index contributed by atoms with van der Waals surface area (Å²) in [5.74, 6) is 0. The van der Waals surface area contributed by atoms with Crippen LogP contribution in [0.2, 0.25) is 0 Å². The fourth-order valence-electron chi connectivity index (χ4n) is 2.62. The number of pyridine rings is 1. The van der Waals surface area contributed by atoms with Gasteiger partial charge in [-0.15, -0.1) is 0 Å². The molecule has 16 heavy (non-hydrogen) atoms. The minimum atomic E-state index is 0.484. The number of nitrogens with zero attached hydrogens (tertiary/aromatic N) is 2. The van der Waals surface area contributed by atoms with Crippen molar-refractivity contribution in [3.8, 4) is 0 Å². The number of hydrogen-bond acceptors (Lipinski definition) is 2. The minimum absolute atomic E-state index is 0.484. The van der Waals surface area contributed by atoms with Gasteiger partial charge in [0.1, 0.15) is 5.65 Å². The van der Waals surface area contributed by atoms with Crippen LogP contribution in [0.1, 0.15) is 35.8 Å². The highest BCUT2D eigenvalue weighted by molar-refractivity contribution is 5.46. The van der Waals surface area contributed by atoms with Crippen LogP contribution in [-0.4, -0.2) is 15.9 Å². The first-order chi connectivity index (χ1) is 7.75. The van der Waals surface area contributed by atoms with Crippen molar-refractivity contribution in [3.63, 3.8) is 0 Å². The van der Waals surface area contributed by atoms with E-state index in [4.69, 9.17) is 0 Å². The highest BCUT2D eigenvalue weighted by Crippen LogP contribution is 2.26. The van der Waals surface area contributed by atoms with Gasteiger partial charge in [-0.05, 0) is 50.9 Å². The second-order valence-corrected chi connectivity index (χ2v) is 4.66. The largest absolute Gasteiger partial charge is 0.309 e. The van der Waals surface area contributed by atoms with Gasteiger partial charge >= 0.3 is 0 Å². The lowest BCUT2D eigenvalue weighted by Crippen LogP contribution is -2.15. The summed E-state index contributed by atoms with van der Waals surface area (Å²) in [4.78, 5) is 4.64. The topological polar surface area (TPSA) is 29.3 Å². The zero-order chi connectivity index (χ0) is 11.1. The summed E-state index contributed by atoms with van der Waals surface area (Å²) in [5.41, 5.74) is 4.84. The molecule has 2 aromatic heterocycles. The van der Waals surface area contributed by atoms with Gasteiger partial charge in [0.15, 0.2) is 0 Å². The lowest BCUT2D eigenvalue weighted by Gasteiger charge is -2.11. The Kier molecular flexibility index (Phi) is 2.21. The number of imidazole rings is 1. The van der Waals surface area contributed by atoms with Crippen molar-refractivity contribution in [3.05, 3.63) is 35.3 Å². The molecule has 1 unspecified atom stereocenters. The van der Waals surface area contributed by atoms with Gasteiger partial charge in [0.25, 0.3) is 0 Å². The van der Waals surface area contributed by atoms with E-state index in [1.807, 2.05) is 0 Å². The third kappa shape index (κ3) is 1.43. The standard InChI is InChI=1S/C13H17N3/c1-9-5-7-16-12(8-9)15-10(2)13(16)11-4-3-6-14-11/h5,7-8,11,14H,3-4,6H2,1-2H3. The van der Waals surface area contributed by atoms with Crippen LogP contribution in [0.3, 0.4) is 0 Å². The number of nitrogens with one attached hydrogen (secondary N) is 1. The summed E-state index contributed by atoms with van der Waals surface area (Å²) in [5, 5.41) is 3.55. The zero-order valence-electron chi connectivity index (χ0n) is 9.83. The average Bonchev–Trinajstić information content (AvgIpc) is 2.83. The maximum atomic E-state index is 4.64. The van der Waals surface area contributed by atoms with E-state index in [9.17, 15) is 0 Å². The maximum absolute atomic E-state index is 4.64. The fourth-order valence-corrected chi connectivity index (χ4v) is 2.62. The SMILES string of the molecule is Cc1ccn2c(C3CCCN3)c(C)nc2c1. The predicted molar refractivity (Wildman–Crippen MR) is 64.6 cm³/mol. The van der Waals surface area contributed by atoms with E-state index in [0.29, 0.717) is 6.04 Å². The molecule has 3 nitrogen and oxygen atoms in total. The van der Waals surface area contributed by atoms with Gasteiger partial charge in [0, 0.05) is 12.2 Å². The van der Waals surface area contributed by atoms with Crippen molar-refractivity contribution in [2.24, 2.45) is 0 Å². The molecule has 1 aliphatic rings. The molecule has 0 bridgehead atoms. The molecule has 0 spiro atoms.